The zero-order valence-electron chi connectivity index (χ0n) is 12.3. The molecule has 1 aromatic rings. The predicted octanol–water partition coefficient (Wildman–Crippen LogP) is 3.67. The molecule has 2 nitrogen and oxygen atoms in total. The van der Waals surface area contributed by atoms with Gasteiger partial charge in [0.25, 0.3) is 0 Å². The maximum atomic E-state index is 9.18. The van der Waals surface area contributed by atoms with Gasteiger partial charge in [-0.3, -0.25) is 0 Å². The molecule has 0 amide bonds. The molecule has 0 heterocycles. The number of aliphatic hydroxyl groups is 1. The summed E-state index contributed by atoms with van der Waals surface area (Å²) in [5.74, 6) is 1.11. The van der Waals surface area contributed by atoms with E-state index in [1.807, 2.05) is 0 Å². The number of aryl methyl sites for hydroxylation is 1. The first-order chi connectivity index (χ1) is 9.86. The van der Waals surface area contributed by atoms with Gasteiger partial charge in [0.1, 0.15) is 0 Å². The molecule has 0 radical (unpaired) electrons. The lowest BCUT2D eigenvalue weighted by molar-refractivity contribution is 0.00264. The SMILES string of the molecule is OCC1CCC(OCC2CCCc3ccccc32)CC1. The molecule has 2 aliphatic carbocycles. The molecule has 1 fully saturated rings. The van der Waals surface area contributed by atoms with Gasteiger partial charge in [0.15, 0.2) is 0 Å². The summed E-state index contributed by atoms with van der Waals surface area (Å²) in [7, 11) is 0. The summed E-state index contributed by atoms with van der Waals surface area (Å²) in [6.07, 6.45) is 8.72. The van der Waals surface area contributed by atoms with Gasteiger partial charge in [-0.15, -0.1) is 0 Å². The van der Waals surface area contributed by atoms with Crippen molar-refractivity contribution in [3.05, 3.63) is 35.4 Å². The number of hydrogen-bond acceptors (Lipinski definition) is 2. The third kappa shape index (κ3) is 3.24. The molecule has 0 bridgehead atoms. The molecule has 0 aromatic heterocycles. The van der Waals surface area contributed by atoms with E-state index in [2.05, 4.69) is 24.3 Å². The van der Waals surface area contributed by atoms with Crippen molar-refractivity contribution in [2.45, 2.75) is 57.0 Å². The summed E-state index contributed by atoms with van der Waals surface area (Å²) in [5, 5.41) is 9.18. The molecule has 20 heavy (non-hydrogen) atoms. The van der Waals surface area contributed by atoms with E-state index in [-0.39, 0.29) is 0 Å². The van der Waals surface area contributed by atoms with Gasteiger partial charge in [0.2, 0.25) is 0 Å². The van der Waals surface area contributed by atoms with Crippen LogP contribution in [0.2, 0.25) is 0 Å². The van der Waals surface area contributed by atoms with Crippen LogP contribution in [0.25, 0.3) is 0 Å². The third-order valence-electron chi connectivity index (χ3n) is 5.08. The first-order valence-electron chi connectivity index (χ1n) is 8.17. The van der Waals surface area contributed by atoms with Gasteiger partial charge >= 0.3 is 0 Å². The third-order valence-corrected chi connectivity index (χ3v) is 5.08. The van der Waals surface area contributed by atoms with Crippen LogP contribution < -0.4 is 0 Å². The van der Waals surface area contributed by atoms with Gasteiger partial charge < -0.3 is 9.84 Å². The van der Waals surface area contributed by atoms with Crippen LogP contribution in [0.15, 0.2) is 24.3 Å². The van der Waals surface area contributed by atoms with Crippen LogP contribution in [-0.4, -0.2) is 24.4 Å². The molecule has 2 heteroatoms. The Bertz CT molecular complexity index is 421. The summed E-state index contributed by atoms with van der Waals surface area (Å²) in [6, 6.07) is 8.86. The minimum atomic E-state index is 0.350. The highest BCUT2D eigenvalue weighted by atomic mass is 16.5. The van der Waals surface area contributed by atoms with Gasteiger partial charge in [-0.05, 0) is 62.0 Å². The molecule has 1 N–H and O–H groups in total. The van der Waals surface area contributed by atoms with Crippen LogP contribution in [-0.2, 0) is 11.2 Å². The van der Waals surface area contributed by atoms with Crippen molar-refractivity contribution in [3.63, 3.8) is 0 Å². The average Bonchev–Trinajstić information content (AvgIpc) is 2.53. The van der Waals surface area contributed by atoms with Gasteiger partial charge in [-0.1, -0.05) is 24.3 Å². The fraction of sp³-hybridized carbons (Fsp3) is 0.667. The standard InChI is InChI=1S/C18H26O2/c19-12-14-8-10-17(11-9-14)20-13-16-6-3-5-15-4-1-2-7-18(15)16/h1-2,4,7,14,16-17,19H,3,5-6,8-13H2. The number of rotatable bonds is 4. The Morgan fingerprint density at radius 3 is 2.65 bits per heavy atom. The van der Waals surface area contributed by atoms with E-state index in [1.54, 1.807) is 0 Å². The van der Waals surface area contributed by atoms with Crippen LogP contribution in [0.1, 0.15) is 55.6 Å². The van der Waals surface area contributed by atoms with E-state index in [9.17, 15) is 5.11 Å². The van der Waals surface area contributed by atoms with Gasteiger partial charge in [-0.2, -0.15) is 0 Å². The summed E-state index contributed by atoms with van der Waals surface area (Å²) in [4.78, 5) is 0. The molecular formula is C18H26O2. The quantitative estimate of drug-likeness (QED) is 0.907. The van der Waals surface area contributed by atoms with E-state index in [0.717, 1.165) is 32.3 Å². The molecule has 1 saturated carbocycles. The number of hydrogen-bond donors (Lipinski definition) is 1. The Hall–Kier alpha value is -0.860. The Morgan fingerprint density at radius 2 is 1.85 bits per heavy atom. The predicted molar refractivity (Wildman–Crippen MR) is 80.9 cm³/mol. The van der Waals surface area contributed by atoms with Crippen molar-refractivity contribution in [3.8, 4) is 0 Å². The second kappa shape index (κ2) is 6.73. The van der Waals surface area contributed by atoms with E-state index < -0.39 is 0 Å². The monoisotopic (exact) mass is 274 g/mol. The number of aliphatic hydroxyl groups excluding tert-OH is 1. The van der Waals surface area contributed by atoms with Gasteiger partial charge in [-0.25, -0.2) is 0 Å². The van der Waals surface area contributed by atoms with Crippen molar-refractivity contribution in [2.24, 2.45) is 5.92 Å². The van der Waals surface area contributed by atoms with E-state index in [1.165, 1.54) is 30.4 Å². The largest absolute Gasteiger partial charge is 0.396 e. The minimum Gasteiger partial charge on any atom is -0.396 e. The smallest absolute Gasteiger partial charge is 0.0575 e. The van der Waals surface area contributed by atoms with E-state index >= 15 is 0 Å². The maximum absolute atomic E-state index is 9.18. The van der Waals surface area contributed by atoms with Crippen molar-refractivity contribution in [1.82, 2.24) is 0 Å². The summed E-state index contributed by atoms with van der Waals surface area (Å²) >= 11 is 0. The lowest BCUT2D eigenvalue weighted by atomic mass is 9.83. The first-order valence-corrected chi connectivity index (χ1v) is 8.17. The Balaban J connectivity index is 1.52. The lowest BCUT2D eigenvalue weighted by Gasteiger charge is -2.30. The molecule has 0 aliphatic heterocycles. The number of ether oxygens (including phenoxy) is 1. The molecule has 110 valence electrons. The molecule has 1 atom stereocenters. The molecule has 1 unspecified atom stereocenters. The van der Waals surface area contributed by atoms with Crippen LogP contribution >= 0.6 is 0 Å². The highest BCUT2D eigenvalue weighted by molar-refractivity contribution is 5.32. The molecule has 1 aromatic carbocycles. The molecule has 0 spiro atoms. The van der Waals surface area contributed by atoms with E-state index in [4.69, 9.17) is 4.74 Å². The van der Waals surface area contributed by atoms with Gasteiger partial charge in [0.05, 0.1) is 12.7 Å². The van der Waals surface area contributed by atoms with E-state index in [0.29, 0.717) is 24.5 Å². The van der Waals surface area contributed by atoms with Gasteiger partial charge in [0, 0.05) is 12.5 Å². The Morgan fingerprint density at radius 1 is 1.05 bits per heavy atom. The Kier molecular flexibility index (Phi) is 4.74. The van der Waals surface area contributed by atoms with Crippen molar-refractivity contribution >= 4 is 0 Å². The van der Waals surface area contributed by atoms with Crippen LogP contribution in [0, 0.1) is 5.92 Å². The summed E-state index contributed by atoms with van der Waals surface area (Å²) in [6.45, 7) is 1.23. The minimum absolute atomic E-state index is 0.350. The first kappa shape index (κ1) is 14.1. The lowest BCUT2D eigenvalue weighted by Crippen LogP contribution is -2.26. The average molecular weight is 274 g/mol. The molecule has 3 rings (SSSR count). The fourth-order valence-corrected chi connectivity index (χ4v) is 3.76. The maximum Gasteiger partial charge on any atom is 0.0575 e. The van der Waals surface area contributed by atoms with Crippen LogP contribution in [0.5, 0.6) is 0 Å². The number of benzene rings is 1. The topological polar surface area (TPSA) is 29.5 Å². The summed E-state index contributed by atoms with van der Waals surface area (Å²) in [5.41, 5.74) is 3.04. The summed E-state index contributed by atoms with van der Waals surface area (Å²) < 4.78 is 6.19. The molecular weight excluding hydrogens is 248 g/mol. The van der Waals surface area contributed by atoms with Crippen LogP contribution in [0.3, 0.4) is 0 Å². The van der Waals surface area contributed by atoms with Crippen molar-refractivity contribution in [2.75, 3.05) is 13.2 Å². The number of fused-ring (bicyclic) bond motifs is 1. The van der Waals surface area contributed by atoms with Crippen molar-refractivity contribution < 1.29 is 9.84 Å². The highest BCUT2D eigenvalue weighted by Gasteiger charge is 2.24. The normalized spacial score (nSPS) is 29.9. The second-order valence-corrected chi connectivity index (χ2v) is 6.45. The van der Waals surface area contributed by atoms with Crippen LogP contribution in [0.4, 0.5) is 0 Å². The van der Waals surface area contributed by atoms with Crippen molar-refractivity contribution in [1.29, 1.82) is 0 Å². The zero-order chi connectivity index (χ0) is 13.8. The molecule has 2 aliphatic rings. The zero-order valence-corrected chi connectivity index (χ0v) is 12.3. The fourth-order valence-electron chi connectivity index (χ4n) is 3.76. The Labute approximate surface area is 122 Å². The second-order valence-electron chi connectivity index (χ2n) is 6.45. The molecule has 0 saturated heterocycles. The highest BCUT2D eigenvalue weighted by Crippen LogP contribution is 2.33.